The standard InChI is InChI=1S/C19H30N6O6P/c1-6-28-16-14-15(22-19(20)23-16)25(9-21-14)17-11(4)7-13(31-17)8-29-32(27)24-12(5)18(26)30-10(2)3/h9-13,17H,6-8H2,1-5H3,(H,24,27)(H2,20,22,23)/q+1/t11-,12+,13-,17+/m0/s1. The molecule has 3 rings (SSSR count). The average molecular weight is 469 g/mol. The summed E-state index contributed by atoms with van der Waals surface area (Å²) in [6.45, 7) is 9.47. The minimum absolute atomic E-state index is 0.0846. The Morgan fingerprint density at radius 3 is 2.84 bits per heavy atom. The number of nitrogen functional groups attached to an aromatic ring is 1. The van der Waals surface area contributed by atoms with Crippen molar-refractivity contribution in [1.82, 2.24) is 24.6 Å². The number of anilines is 1. The SMILES string of the molecule is CCOc1nc(N)nc2c1ncn2[C@@H]1O[C@H](CO[P+](=O)N[C@H](C)C(=O)OC(C)C)C[C@@H]1C. The second-order valence-corrected chi connectivity index (χ2v) is 8.93. The summed E-state index contributed by atoms with van der Waals surface area (Å²) in [5, 5.41) is 2.60. The van der Waals surface area contributed by atoms with Crippen molar-refractivity contribution in [2.24, 2.45) is 5.92 Å². The highest BCUT2D eigenvalue weighted by molar-refractivity contribution is 7.36. The highest BCUT2D eigenvalue weighted by Crippen LogP contribution is 2.37. The Morgan fingerprint density at radius 2 is 2.16 bits per heavy atom. The van der Waals surface area contributed by atoms with E-state index in [1.165, 1.54) is 0 Å². The molecule has 2 aromatic heterocycles. The molecule has 1 aliphatic heterocycles. The fraction of sp³-hybridized carbons (Fsp3) is 0.684. The number of rotatable bonds is 10. The van der Waals surface area contributed by atoms with Crippen LogP contribution in [-0.4, -0.2) is 57.0 Å². The van der Waals surface area contributed by atoms with Gasteiger partial charge in [-0.25, -0.2) is 4.98 Å². The summed E-state index contributed by atoms with van der Waals surface area (Å²) in [7, 11) is -2.26. The molecular weight excluding hydrogens is 439 g/mol. The van der Waals surface area contributed by atoms with Crippen molar-refractivity contribution in [2.75, 3.05) is 18.9 Å². The molecule has 1 saturated heterocycles. The quantitative estimate of drug-likeness (QED) is 0.389. The first kappa shape index (κ1) is 24.2. The first-order valence-corrected chi connectivity index (χ1v) is 11.7. The molecule has 0 aromatic carbocycles. The number of hydrogen-bond acceptors (Lipinski definition) is 10. The monoisotopic (exact) mass is 469 g/mol. The van der Waals surface area contributed by atoms with E-state index in [4.69, 9.17) is 24.5 Å². The second kappa shape index (κ2) is 10.5. The Balaban J connectivity index is 1.60. The lowest BCUT2D eigenvalue weighted by atomic mass is 10.1. The summed E-state index contributed by atoms with van der Waals surface area (Å²) < 4.78 is 36.1. The Bertz CT molecular complexity index is 969. The second-order valence-electron chi connectivity index (χ2n) is 7.89. The van der Waals surface area contributed by atoms with Crippen molar-refractivity contribution < 1.29 is 28.1 Å². The van der Waals surface area contributed by atoms with E-state index in [1.807, 2.05) is 13.8 Å². The topological polar surface area (TPSA) is 153 Å². The van der Waals surface area contributed by atoms with Crippen LogP contribution in [0.15, 0.2) is 6.33 Å². The van der Waals surface area contributed by atoms with Crippen LogP contribution in [-0.2, 0) is 23.4 Å². The summed E-state index contributed by atoms with van der Waals surface area (Å²) in [5.74, 6) is 0.0322. The molecule has 0 bridgehead atoms. The van der Waals surface area contributed by atoms with Gasteiger partial charge in [0.25, 0.3) is 0 Å². The van der Waals surface area contributed by atoms with Crippen LogP contribution in [0.1, 0.15) is 47.3 Å². The van der Waals surface area contributed by atoms with Crippen molar-refractivity contribution in [1.29, 1.82) is 0 Å². The molecule has 2 aromatic rings. The van der Waals surface area contributed by atoms with Gasteiger partial charge in [-0.2, -0.15) is 9.97 Å². The molecule has 12 nitrogen and oxygen atoms in total. The summed E-state index contributed by atoms with van der Waals surface area (Å²) in [6, 6.07) is -0.751. The first-order valence-electron chi connectivity index (χ1n) is 10.5. The third-order valence-electron chi connectivity index (χ3n) is 4.80. The summed E-state index contributed by atoms with van der Waals surface area (Å²) in [4.78, 5) is 24.6. The van der Waals surface area contributed by atoms with Crippen molar-refractivity contribution in [3.8, 4) is 5.88 Å². The zero-order chi connectivity index (χ0) is 23.4. The number of nitrogens with two attached hydrogens (primary N) is 1. The fourth-order valence-corrected chi connectivity index (χ4v) is 4.23. The predicted octanol–water partition coefficient (Wildman–Crippen LogP) is 2.33. The predicted molar refractivity (Wildman–Crippen MR) is 116 cm³/mol. The molecule has 1 aliphatic rings. The smallest absolute Gasteiger partial charge is 0.476 e. The molecule has 3 heterocycles. The van der Waals surface area contributed by atoms with E-state index in [1.54, 1.807) is 31.7 Å². The molecule has 5 atom stereocenters. The molecule has 1 fully saturated rings. The molecule has 32 heavy (non-hydrogen) atoms. The molecule has 0 saturated carbocycles. The van der Waals surface area contributed by atoms with Gasteiger partial charge in [0.05, 0.1) is 25.1 Å². The van der Waals surface area contributed by atoms with Crippen molar-refractivity contribution in [3.05, 3.63) is 6.33 Å². The van der Waals surface area contributed by atoms with Gasteiger partial charge in [0, 0.05) is 5.92 Å². The highest BCUT2D eigenvalue weighted by Gasteiger charge is 2.37. The highest BCUT2D eigenvalue weighted by atomic mass is 31.1. The number of nitrogens with one attached hydrogen (secondary N) is 1. The normalized spacial score (nSPS) is 22.3. The van der Waals surface area contributed by atoms with Crippen LogP contribution in [0.4, 0.5) is 5.95 Å². The van der Waals surface area contributed by atoms with Crippen LogP contribution >= 0.6 is 8.18 Å². The van der Waals surface area contributed by atoms with Gasteiger partial charge in [0.1, 0.15) is 18.9 Å². The third-order valence-corrected chi connectivity index (χ3v) is 5.78. The van der Waals surface area contributed by atoms with Crippen molar-refractivity contribution in [3.63, 3.8) is 0 Å². The van der Waals surface area contributed by atoms with Gasteiger partial charge in [-0.3, -0.25) is 9.36 Å². The number of imidazole rings is 1. The molecule has 0 amide bonds. The molecular formula is C19H30N6O6P+. The average Bonchev–Trinajstić information content (AvgIpc) is 3.29. The number of carbonyl (C=O) groups excluding carboxylic acids is 1. The Labute approximate surface area is 187 Å². The molecule has 3 N–H and O–H groups in total. The van der Waals surface area contributed by atoms with Gasteiger partial charge in [0.15, 0.2) is 11.2 Å². The Hall–Kier alpha value is -2.40. The number of ether oxygens (including phenoxy) is 3. The van der Waals surface area contributed by atoms with E-state index in [-0.39, 0.29) is 36.9 Å². The maximum absolute atomic E-state index is 12.2. The minimum Gasteiger partial charge on any atom is -0.476 e. The van der Waals surface area contributed by atoms with E-state index >= 15 is 0 Å². The van der Waals surface area contributed by atoms with Gasteiger partial charge in [-0.1, -0.05) is 12.0 Å². The van der Waals surface area contributed by atoms with Crippen LogP contribution < -0.4 is 15.6 Å². The number of carbonyl (C=O) groups is 1. The number of aromatic nitrogens is 4. The molecule has 1 unspecified atom stereocenters. The fourth-order valence-electron chi connectivity index (χ4n) is 3.43. The molecule has 176 valence electrons. The summed E-state index contributed by atoms with van der Waals surface area (Å²) >= 11 is 0. The third kappa shape index (κ3) is 5.69. The Kier molecular flexibility index (Phi) is 7.94. The van der Waals surface area contributed by atoms with Crippen molar-refractivity contribution >= 4 is 31.3 Å². The lowest BCUT2D eigenvalue weighted by Gasteiger charge is -2.17. The van der Waals surface area contributed by atoms with Crippen LogP contribution in [0, 0.1) is 5.92 Å². The van der Waals surface area contributed by atoms with Gasteiger partial charge < -0.3 is 19.9 Å². The van der Waals surface area contributed by atoms with E-state index in [0.717, 1.165) is 0 Å². The summed E-state index contributed by atoms with van der Waals surface area (Å²) in [6.07, 6.45) is 1.40. The number of esters is 1. The molecule has 0 spiro atoms. The first-order chi connectivity index (χ1) is 15.2. The maximum Gasteiger partial charge on any atom is 0.613 e. The minimum atomic E-state index is -2.26. The molecule has 0 aliphatic carbocycles. The van der Waals surface area contributed by atoms with E-state index in [9.17, 15) is 9.36 Å². The zero-order valence-corrected chi connectivity index (χ0v) is 19.7. The zero-order valence-electron chi connectivity index (χ0n) is 18.8. The number of nitrogens with zero attached hydrogens (tertiary/aromatic N) is 4. The van der Waals surface area contributed by atoms with Crippen LogP contribution in [0.25, 0.3) is 11.2 Å². The van der Waals surface area contributed by atoms with E-state index in [2.05, 4.69) is 20.0 Å². The van der Waals surface area contributed by atoms with E-state index in [0.29, 0.717) is 30.1 Å². The van der Waals surface area contributed by atoms with Crippen LogP contribution in [0.2, 0.25) is 0 Å². The van der Waals surface area contributed by atoms with Gasteiger partial charge in [-0.05, 0) is 38.7 Å². The van der Waals surface area contributed by atoms with Gasteiger partial charge >= 0.3 is 14.1 Å². The summed E-state index contributed by atoms with van der Waals surface area (Å²) in [5.41, 5.74) is 6.86. The number of fused-ring (bicyclic) bond motifs is 1. The van der Waals surface area contributed by atoms with Crippen molar-refractivity contribution in [2.45, 2.75) is 65.5 Å². The lowest BCUT2D eigenvalue weighted by molar-refractivity contribution is -0.149. The van der Waals surface area contributed by atoms with E-state index < -0.39 is 20.2 Å². The van der Waals surface area contributed by atoms with Gasteiger partial charge in [-0.15, -0.1) is 4.52 Å². The molecule has 13 heteroatoms. The van der Waals surface area contributed by atoms with Gasteiger partial charge in [0.2, 0.25) is 11.8 Å². The van der Waals surface area contributed by atoms with Crippen LogP contribution in [0.3, 0.4) is 0 Å². The molecule has 0 radical (unpaired) electrons. The lowest BCUT2D eigenvalue weighted by Crippen LogP contribution is -2.33. The largest absolute Gasteiger partial charge is 0.613 e. The number of hydrogen-bond donors (Lipinski definition) is 2. The van der Waals surface area contributed by atoms with Crippen LogP contribution in [0.5, 0.6) is 5.88 Å². The maximum atomic E-state index is 12.2. The Morgan fingerprint density at radius 1 is 1.41 bits per heavy atom.